The van der Waals surface area contributed by atoms with Gasteiger partial charge < -0.3 is 9.47 Å². The minimum absolute atomic E-state index is 0.154. The van der Waals surface area contributed by atoms with Crippen molar-refractivity contribution in [1.82, 2.24) is 9.71 Å². The van der Waals surface area contributed by atoms with Gasteiger partial charge in [0, 0.05) is 24.9 Å². The average Bonchev–Trinajstić information content (AvgIpc) is 2.73. The number of nitro benzene ring substituents is 1. The second kappa shape index (κ2) is 8.84. The third-order valence-corrected chi connectivity index (χ3v) is 5.38. The fraction of sp³-hybridized carbons (Fsp3) is 0.105. The Morgan fingerprint density at radius 2 is 1.93 bits per heavy atom. The Morgan fingerprint density at radius 3 is 2.57 bits per heavy atom. The summed E-state index contributed by atoms with van der Waals surface area (Å²) in [5, 5.41) is 11.2. The number of methoxy groups -OCH3 is 1. The van der Waals surface area contributed by atoms with Gasteiger partial charge in [-0.2, -0.15) is 0 Å². The Bertz CT molecular complexity index is 1170. The molecule has 0 saturated heterocycles. The van der Waals surface area contributed by atoms with E-state index in [0.717, 1.165) is 12.1 Å². The van der Waals surface area contributed by atoms with Crippen molar-refractivity contribution in [2.24, 2.45) is 0 Å². The molecule has 11 heteroatoms. The summed E-state index contributed by atoms with van der Waals surface area (Å²) in [6.45, 7) is -0.154. The molecule has 0 atom stereocenters. The lowest BCUT2D eigenvalue weighted by Crippen LogP contribution is -2.24. The zero-order chi connectivity index (χ0) is 21.7. The predicted molar refractivity (Wildman–Crippen MR) is 104 cm³/mol. The summed E-state index contributed by atoms with van der Waals surface area (Å²) in [5.74, 6) is 0.172. The maximum absolute atomic E-state index is 13.2. The van der Waals surface area contributed by atoms with Gasteiger partial charge in [0.1, 0.15) is 17.3 Å². The van der Waals surface area contributed by atoms with E-state index in [2.05, 4.69) is 9.71 Å². The Balaban J connectivity index is 1.71. The van der Waals surface area contributed by atoms with Crippen molar-refractivity contribution in [3.63, 3.8) is 0 Å². The number of ether oxygens (including phenoxy) is 2. The van der Waals surface area contributed by atoms with Crippen molar-refractivity contribution in [3.8, 4) is 17.4 Å². The Morgan fingerprint density at radius 1 is 1.13 bits per heavy atom. The van der Waals surface area contributed by atoms with Gasteiger partial charge in [-0.15, -0.1) is 0 Å². The Hall–Kier alpha value is -3.57. The zero-order valence-electron chi connectivity index (χ0n) is 15.6. The van der Waals surface area contributed by atoms with Crippen molar-refractivity contribution >= 4 is 15.7 Å². The second-order valence-electron chi connectivity index (χ2n) is 5.98. The molecule has 9 nitrogen and oxygen atoms in total. The molecule has 1 N–H and O–H groups in total. The molecule has 0 radical (unpaired) electrons. The number of nitrogens with zero attached hydrogens (tertiary/aromatic N) is 2. The van der Waals surface area contributed by atoms with Crippen LogP contribution in [0.2, 0.25) is 0 Å². The van der Waals surface area contributed by atoms with E-state index in [0.29, 0.717) is 5.56 Å². The topological polar surface area (TPSA) is 121 Å². The molecule has 0 aliphatic carbocycles. The quantitative estimate of drug-likeness (QED) is 0.427. The molecule has 1 heterocycles. The summed E-state index contributed by atoms with van der Waals surface area (Å²) in [5.41, 5.74) is -0.111. The summed E-state index contributed by atoms with van der Waals surface area (Å²) in [7, 11) is -2.85. The van der Waals surface area contributed by atoms with Crippen LogP contribution in [0.3, 0.4) is 0 Å². The van der Waals surface area contributed by atoms with Gasteiger partial charge in [-0.05, 0) is 29.8 Å². The lowest BCUT2D eigenvalue weighted by molar-refractivity contribution is -0.387. The smallest absolute Gasteiger partial charge is 0.293 e. The highest BCUT2D eigenvalue weighted by Gasteiger charge is 2.26. The number of nitro groups is 1. The van der Waals surface area contributed by atoms with Crippen molar-refractivity contribution in [2.75, 3.05) is 7.11 Å². The van der Waals surface area contributed by atoms with E-state index in [1.165, 1.54) is 43.6 Å². The van der Waals surface area contributed by atoms with Gasteiger partial charge in [0.2, 0.25) is 15.9 Å². The molecule has 0 spiro atoms. The summed E-state index contributed by atoms with van der Waals surface area (Å²) in [6.07, 6.45) is 1.37. The van der Waals surface area contributed by atoms with Gasteiger partial charge in [0.15, 0.2) is 4.90 Å². The molecule has 0 saturated carbocycles. The van der Waals surface area contributed by atoms with Crippen LogP contribution in [0, 0.1) is 15.9 Å². The van der Waals surface area contributed by atoms with Crippen LogP contribution in [-0.4, -0.2) is 25.4 Å². The number of nitrogens with one attached hydrogen (secondary N) is 1. The van der Waals surface area contributed by atoms with Crippen molar-refractivity contribution in [2.45, 2.75) is 11.4 Å². The molecule has 1 aromatic heterocycles. The number of hydrogen-bond acceptors (Lipinski definition) is 7. The van der Waals surface area contributed by atoms with E-state index < -0.39 is 31.3 Å². The molecule has 0 unspecified atom stereocenters. The maximum Gasteiger partial charge on any atom is 0.293 e. The first kappa shape index (κ1) is 21.1. The summed E-state index contributed by atoms with van der Waals surface area (Å²) in [4.78, 5) is 14.0. The number of pyridine rings is 1. The highest BCUT2D eigenvalue weighted by Crippen LogP contribution is 2.28. The molecule has 3 rings (SSSR count). The zero-order valence-corrected chi connectivity index (χ0v) is 16.4. The first-order valence-corrected chi connectivity index (χ1v) is 9.97. The van der Waals surface area contributed by atoms with Crippen LogP contribution in [0.1, 0.15) is 5.56 Å². The normalized spacial score (nSPS) is 11.1. The molecular formula is C19H16FN3O6S. The monoisotopic (exact) mass is 433 g/mol. The molecule has 156 valence electrons. The fourth-order valence-corrected chi connectivity index (χ4v) is 3.65. The van der Waals surface area contributed by atoms with E-state index in [1.54, 1.807) is 12.1 Å². The predicted octanol–water partition coefficient (Wildman–Crippen LogP) is 3.41. The van der Waals surface area contributed by atoms with Crippen LogP contribution in [0.15, 0.2) is 65.7 Å². The molecular weight excluding hydrogens is 417 g/mol. The van der Waals surface area contributed by atoms with Crippen LogP contribution in [0.5, 0.6) is 17.4 Å². The highest BCUT2D eigenvalue weighted by molar-refractivity contribution is 7.89. The largest absolute Gasteiger partial charge is 0.497 e. The molecule has 0 aliphatic heterocycles. The third-order valence-electron chi connectivity index (χ3n) is 3.93. The van der Waals surface area contributed by atoms with Crippen LogP contribution >= 0.6 is 0 Å². The van der Waals surface area contributed by atoms with Crippen molar-refractivity contribution < 1.29 is 27.2 Å². The van der Waals surface area contributed by atoms with Crippen LogP contribution in [0.4, 0.5) is 10.1 Å². The molecule has 2 aromatic carbocycles. The highest BCUT2D eigenvalue weighted by atomic mass is 32.2. The summed E-state index contributed by atoms with van der Waals surface area (Å²) in [6, 6.07) is 12.1. The molecule has 3 aromatic rings. The number of aromatic nitrogens is 1. The standard InChI is InChI=1S/C19H16FN3O6S/c1-28-15-6-7-18(17(10-15)23(24)25)30(26,27)22-12-13-5-8-19(21-11-13)29-16-4-2-3-14(20)9-16/h2-11,22H,12H2,1H3. The van der Waals surface area contributed by atoms with E-state index in [-0.39, 0.29) is 23.9 Å². The second-order valence-corrected chi connectivity index (χ2v) is 7.71. The van der Waals surface area contributed by atoms with Gasteiger partial charge in [0.05, 0.1) is 18.1 Å². The van der Waals surface area contributed by atoms with Crippen LogP contribution < -0.4 is 14.2 Å². The summed E-state index contributed by atoms with van der Waals surface area (Å²) < 4.78 is 50.9. The van der Waals surface area contributed by atoms with Gasteiger partial charge >= 0.3 is 0 Å². The fourth-order valence-electron chi connectivity index (χ4n) is 2.48. The van der Waals surface area contributed by atoms with Gasteiger partial charge in [0.25, 0.3) is 5.69 Å². The van der Waals surface area contributed by atoms with Gasteiger partial charge in [-0.25, -0.2) is 22.5 Å². The minimum Gasteiger partial charge on any atom is -0.497 e. The number of sulfonamides is 1. The number of halogens is 1. The average molecular weight is 433 g/mol. The van der Waals surface area contributed by atoms with Crippen molar-refractivity contribution in [1.29, 1.82) is 0 Å². The number of hydrogen-bond donors (Lipinski definition) is 1. The van der Waals surface area contributed by atoms with E-state index >= 15 is 0 Å². The molecule has 0 aliphatic rings. The first-order chi connectivity index (χ1) is 14.3. The van der Waals surface area contributed by atoms with Gasteiger partial charge in [-0.3, -0.25) is 10.1 Å². The SMILES string of the molecule is COc1ccc(S(=O)(=O)NCc2ccc(Oc3cccc(F)c3)nc2)c([N+](=O)[O-])c1. The molecule has 30 heavy (non-hydrogen) atoms. The van der Waals surface area contributed by atoms with Crippen LogP contribution in [0.25, 0.3) is 0 Å². The Kier molecular flexibility index (Phi) is 6.23. The lowest BCUT2D eigenvalue weighted by atomic mass is 10.3. The Labute approximate surface area is 171 Å². The van der Waals surface area contributed by atoms with Crippen molar-refractivity contribution in [3.05, 3.63) is 82.3 Å². The summed E-state index contributed by atoms with van der Waals surface area (Å²) >= 11 is 0. The minimum atomic E-state index is -4.17. The molecule has 0 amide bonds. The first-order valence-electron chi connectivity index (χ1n) is 8.49. The number of benzene rings is 2. The lowest BCUT2D eigenvalue weighted by Gasteiger charge is -2.09. The van der Waals surface area contributed by atoms with E-state index in [1.807, 2.05) is 0 Å². The maximum atomic E-state index is 13.2. The van der Waals surface area contributed by atoms with Gasteiger partial charge in [-0.1, -0.05) is 12.1 Å². The number of rotatable bonds is 8. The van der Waals surface area contributed by atoms with Crippen LogP contribution in [-0.2, 0) is 16.6 Å². The van der Waals surface area contributed by atoms with E-state index in [4.69, 9.17) is 9.47 Å². The molecule has 0 bridgehead atoms. The molecule has 0 fully saturated rings. The van der Waals surface area contributed by atoms with E-state index in [9.17, 15) is 22.9 Å². The third kappa shape index (κ3) is 5.07.